The van der Waals surface area contributed by atoms with Crippen LogP contribution in [-0.4, -0.2) is 48.1 Å². The van der Waals surface area contributed by atoms with E-state index in [9.17, 15) is 14.7 Å². The van der Waals surface area contributed by atoms with Gasteiger partial charge in [0.2, 0.25) is 12.3 Å². The van der Waals surface area contributed by atoms with Crippen molar-refractivity contribution >= 4 is 11.9 Å². The Balaban J connectivity index is 2.64. The van der Waals surface area contributed by atoms with Crippen LogP contribution in [0.4, 0.5) is 0 Å². The van der Waals surface area contributed by atoms with Crippen LogP contribution in [0.1, 0.15) is 26.7 Å². The summed E-state index contributed by atoms with van der Waals surface area (Å²) in [4.78, 5) is 24.0. The molecule has 2 unspecified atom stereocenters. The summed E-state index contributed by atoms with van der Waals surface area (Å²) < 4.78 is 9.72. The molecular weight excluding hydrogens is 226 g/mol. The quantitative estimate of drug-likeness (QED) is 0.549. The van der Waals surface area contributed by atoms with E-state index in [1.807, 2.05) is 13.8 Å². The number of methoxy groups -OCH3 is 1. The second-order valence-corrected chi connectivity index (χ2v) is 4.43. The minimum absolute atomic E-state index is 0.224. The third kappa shape index (κ3) is 3.41. The van der Waals surface area contributed by atoms with Crippen LogP contribution >= 0.6 is 0 Å². The fourth-order valence-corrected chi connectivity index (χ4v) is 1.71. The van der Waals surface area contributed by atoms with Crippen molar-refractivity contribution in [3.8, 4) is 0 Å². The fourth-order valence-electron chi connectivity index (χ4n) is 1.71. The Labute approximate surface area is 100 Å². The van der Waals surface area contributed by atoms with Crippen molar-refractivity contribution in [3.05, 3.63) is 0 Å². The summed E-state index contributed by atoms with van der Waals surface area (Å²) in [6.45, 7) is 4.17. The van der Waals surface area contributed by atoms with Gasteiger partial charge in [0.1, 0.15) is 6.04 Å². The van der Waals surface area contributed by atoms with E-state index in [4.69, 9.17) is 4.74 Å². The third-order valence-electron chi connectivity index (χ3n) is 2.55. The number of hydrogen-bond donors (Lipinski definition) is 1. The normalized spacial score (nSPS) is 22.1. The number of hydrogen-bond acceptors (Lipinski definition) is 5. The molecule has 0 aromatic heterocycles. The van der Waals surface area contributed by atoms with Crippen molar-refractivity contribution in [1.82, 2.24) is 4.90 Å². The lowest BCUT2D eigenvalue weighted by Crippen LogP contribution is -2.47. The highest BCUT2D eigenvalue weighted by Gasteiger charge is 2.41. The van der Waals surface area contributed by atoms with Crippen molar-refractivity contribution in [3.63, 3.8) is 0 Å². The number of nitrogens with zero attached hydrogens (tertiary/aromatic N) is 1. The molecule has 1 amide bonds. The van der Waals surface area contributed by atoms with Crippen molar-refractivity contribution in [2.75, 3.05) is 13.7 Å². The average Bonchev–Trinajstić information content (AvgIpc) is 2.67. The van der Waals surface area contributed by atoms with Crippen LogP contribution in [0.5, 0.6) is 0 Å². The minimum Gasteiger partial charge on any atom is -0.467 e. The molecule has 0 saturated carbocycles. The Kier molecular flexibility index (Phi) is 4.89. The van der Waals surface area contributed by atoms with Crippen molar-refractivity contribution in [1.29, 1.82) is 0 Å². The number of carbonyl (C=O) groups excluding carboxylic acids is 2. The summed E-state index contributed by atoms with van der Waals surface area (Å²) in [6, 6.07) is -0.741. The first kappa shape index (κ1) is 13.9. The van der Waals surface area contributed by atoms with E-state index in [1.165, 1.54) is 7.11 Å². The molecule has 1 rings (SSSR count). The number of rotatable bonds is 5. The number of ether oxygens (including phenoxy) is 2. The topological polar surface area (TPSA) is 76.1 Å². The summed E-state index contributed by atoms with van der Waals surface area (Å²) in [7, 11) is 1.25. The summed E-state index contributed by atoms with van der Waals surface area (Å²) in [5.74, 6) is -0.585. The van der Waals surface area contributed by atoms with Crippen molar-refractivity contribution in [2.24, 2.45) is 5.92 Å². The van der Waals surface area contributed by atoms with Gasteiger partial charge in [-0.25, -0.2) is 4.79 Å². The van der Waals surface area contributed by atoms with Crippen LogP contribution in [0.3, 0.4) is 0 Å². The Morgan fingerprint density at radius 1 is 1.59 bits per heavy atom. The Morgan fingerprint density at radius 2 is 2.24 bits per heavy atom. The zero-order valence-electron chi connectivity index (χ0n) is 10.4. The monoisotopic (exact) mass is 245 g/mol. The first-order chi connectivity index (χ1) is 7.97. The third-order valence-corrected chi connectivity index (χ3v) is 2.55. The number of amides is 1. The molecule has 98 valence electrons. The second-order valence-electron chi connectivity index (χ2n) is 4.43. The van der Waals surface area contributed by atoms with Gasteiger partial charge in [0.25, 0.3) is 0 Å². The molecule has 0 bridgehead atoms. The van der Waals surface area contributed by atoms with Gasteiger partial charge in [-0.3, -0.25) is 9.69 Å². The highest BCUT2D eigenvalue weighted by molar-refractivity contribution is 5.88. The number of aliphatic hydroxyl groups is 1. The molecule has 2 atom stereocenters. The predicted molar refractivity (Wildman–Crippen MR) is 58.7 cm³/mol. The van der Waals surface area contributed by atoms with Crippen LogP contribution in [0, 0.1) is 5.92 Å². The SMILES string of the molecule is COC(=O)C1CCC(=O)N1C(O)OCC(C)C. The molecule has 1 heterocycles. The maximum atomic E-state index is 11.6. The largest absolute Gasteiger partial charge is 0.467 e. The minimum atomic E-state index is -1.38. The Morgan fingerprint density at radius 3 is 2.76 bits per heavy atom. The maximum Gasteiger partial charge on any atom is 0.328 e. The standard InChI is InChI=1S/C11H19NO5/c1-7(2)6-17-11(15)12-8(10(14)16-3)4-5-9(12)13/h7-8,11,15H,4-6H2,1-3H3. The molecular formula is C11H19NO5. The van der Waals surface area contributed by atoms with Gasteiger partial charge in [0.05, 0.1) is 13.7 Å². The summed E-state index contributed by atoms with van der Waals surface area (Å²) in [5.41, 5.74) is 0. The molecule has 0 aliphatic carbocycles. The average molecular weight is 245 g/mol. The van der Waals surface area contributed by atoms with E-state index in [2.05, 4.69) is 4.74 Å². The van der Waals surface area contributed by atoms with Gasteiger partial charge >= 0.3 is 5.97 Å². The highest BCUT2D eigenvalue weighted by Crippen LogP contribution is 2.22. The van der Waals surface area contributed by atoms with Crippen molar-refractivity contribution in [2.45, 2.75) is 39.1 Å². The number of carbonyl (C=O) groups is 2. The molecule has 1 aliphatic rings. The van der Waals surface area contributed by atoms with Crippen LogP contribution in [0.25, 0.3) is 0 Å². The van der Waals surface area contributed by atoms with Crippen LogP contribution in [-0.2, 0) is 19.1 Å². The molecule has 0 aromatic rings. The summed E-state index contributed by atoms with van der Waals surface area (Å²) >= 11 is 0. The fraction of sp³-hybridized carbons (Fsp3) is 0.818. The Bertz CT molecular complexity index is 292. The van der Waals surface area contributed by atoms with Crippen LogP contribution < -0.4 is 0 Å². The zero-order chi connectivity index (χ0) is 13.0. The number of aliphatic hydroxyl groups excluding tert-OH is 1. The van der Waals surface area contributed by atoms with E-state index in [1.54, 1.807) is 0 Å². The molecule has 1 fully saturated rings. The smallest absolute Gasteiger partial charge is 0.328 e. The lowest BCUT2D eigenvalue weighted by molar-refractivity contribution is -0.209. The molecule has 0 radical (unpaired) electrons. The maximum absolute atomic E-state index is 11.6. The molecule has 0 aromatic carbocycles. The lowest BCUT2D eigenvalue weighted by Gasteiger charge is -2.28. The molecule has 1 saturated heterocycles. The van der Waals surface area contributed by atoms with E-state index < -0.39 is 18.4 Å². The van der Waals surface area contributed by atoms with Gasteiger partial charge < -0.3 is 14.6 Å². The van der Waals surface area contributed by atoms with Gasteiger partial charge in [-0.1, -0.05) is 13.8 Å². The van der Waals surface area contributed by atoms with Gasteiger partial charge in [-0.05, 0) is 12.3 Å². The molecule has 17 heavy (non-hydrogen) atoms. The Hall–Kier alpha value is -1.14. The first-order valence-corrected chi connectivity index (χ1v) is 5.66. The number of likely N-dealkylation sites (tertiary alicyclic amines) is 1. The van der Waals surface area contributed by atoms with Gasteiger partial charge in [-0.15, -0.1) is 0 Å². The van der Waals surface area contributed by atoms with Crippen molar-refractivity contribution < 1.29 is 24.2 Å². The van der Waals surface area contributed by atoms with Gasteiger partial charge in [0.15, 0.2) is 0 Å². The first-order valence-electron chi connectivity index (χ1n) is 5.66. The van der Waals surface area contributed by atoms with Crippen LogP contribution in [0.2, 0.25) is 0 Å². The second kappa shape index (κ2) is 5.97. The highest BCUT2D eigenvalue weighted by atomic mass is 16.6. The summed E-state index contributed by atoms with van der Waals surface area (Å²) in [6.07, 6.45) is -0.799. The van der Waals surface area contributed by atoms with E-state index in [0.29, 0.717) is 13.0 Å². The lowest BCUT2D eigenvalue weighted by atomic mass is 10.2. The van der Waals surface area contributed by atoms with Crippen LogP contribution in [0.15, 0.2) is 0 Å². The van der Waals surface area contributed by atoms with Gasteiger partial charge in [0, 0.05) is 6.42 Å². The molecule has 6 nitrogen and oxygen atoms in total. The number of esters is 1. The predicted octanol–water partition coefficient (Wildman–Crippen LogP) is 0.0989. The molecule has 1 aliphatic heterocycles. The van der Waals surface area contributed by atoms with Gasteiger partial charge in [-0.2, -0.15) is 0 Å². The van der Waals surface area contributed by atoms with E-state index in [0.717, 1.165) is 4.90 Å². The molecule has 0 spiro atoms. The van der Waals surface area contributed by atoms with E-state index >= 15 is 0 Å². The van der Waals surface area contributed by atoms with E-state index in [-0.39, 0.29) is 18.2 Å². The molecule has 1 N–H and O–H groups in total. The summed E-state index contributed by atoms with van der Waals surface area (Å²) in [5, 5.41) is 9.76. The zero-order valence-corrected chi connectivity index (χ0v) is 10.4. The molecule has 6 heteroatoms.